The maximum Gasteiger partial charge on any atom is 0.480 e. The Bertz CT molecular complexity index is 1370. The summed E-state index contributed by atoms with van der Waals surface area (Å²) in [6, 6.07) is 1.32. The predicted octanol–water partition coefficient (Wildman–Crippen LogP) is 7.56. The van der Waals surface area contributed by atoms with Crippen molar-refractivity contribution in [2.24, 2.45) is 10.8 Å². The van der Waals surface area contributed by atoms with E-state index in [9.17, 15) is 23.7 Å². The van der Waals surface area contributed by atoms with Crippen molar-refractivity contribution in [1.82, 2.24) is 9.55 Å². The summed E-state index contributed by atoms with van der Waals surface area (Å²) >= 11 is 0. The van der Waals surface area contributed by atoms with Gasteiger partial charge < -0.3 is 18.9 Å². The number of hydrogen-bond acceptors (Lipinski definition) is 13. The molecule has 0 saturated carbocycles. The molecule has 298 valence electrons. The minimum Gasteiger partial charge on any atom is -0.453 e. The highest BCUT2D eigenvalue weighted by molar-refractivity contribution is 7.48. The van der Waals surface area contributed by atoms with E-state index in [-0.39, 0.29) is 12.1 Å². The van der Waals surface area contributed by atoms with Gasteiger partial charge in [0.25, 0.3) is 0 Å². The third-order valence-corrected chi connectivity index (χ3v) is 9.30. The topological polar surface area (TPSA) is 168 Å². The van der Waals surface area contributed by atoms with E-state index in [4.69, 9.17) is 32.5 Å². The Balaban J connectivity index is 2.19. The lowest BCUT2D eigenvalue weighted by atomic mass is 9.98. The smallest absolute Gasteiger partial charge is 0.453 e. The molecule has 3 atom stereocenters. The lowest BCUT2D eigenvalue weighted by molar-refractivity contribution is -0.176. The van der Waals surface area contributed by atoms with Crippen LogP contribution in [0, 0.1) is 17.8 Å². The van der Waals surface area contributed by atoms with Gasteiger partial charge in [-0.15, -0.1) is 0 Å². The molecule has 1 saturated heterocycles. The number of rotatable bonds is 22. The number of halogens is 2. The first-order valence-electron chi connectivity index (χ1n) is 17.9. The van der Waals surface area contributed by atoms with Crippen LogP contribution in [0.4, 0.5) is 8.78 Å². The molecule has 2 heterocycles. The summed E-state index contributed by atoms with van der Waals surface area (Å²) in [5.41, 5.74) is -2.68. The minimum atomic E-state index is -4.84. The Morgan fingerprint density at radius 3 is 1.85 bits per heavy atom. The summed E-state index contributed by atoms with van der Waals surface area (Å²) in [6.45, 7) is 10.2. The van der Waals surface area contributed by atoms with Gasteiger partial charge in [0.05, 0.1) is 17.4 Å². The Kier molecular flexibility index (Phi) is 18.0. The fraction of sp³-hybridized carbons (Fsp3) is 0.800. The van der Waals surface area contributed by atoms with Crippen LogP contribution in [0.2, 0.25) is 0 Å². The molecular formula is C35H57F2N2O12P. The van der Waals surface area contributed by atoms with Gasteiger partial charge in [0, 0.05) is 18.3 Å². The molecule has 0 spiro atoms. The second-order valence-electron chi connectivity index (χ2n) is 14.9. The summed E-state index contributed by atoms with van der Waals surface area (Å²) < 4.78 is 82.5. The van der Waals surface area contributed by atoms with Gasteiger partial charge >= 0.3 is 37.3 Å². The van der Waals surface area contributed by atoms with Crippen molar-refractivity contribution < 1.29 is 60.2 Å². The predicted molar refractivity (Wildman–Crippen MR) is 185 cm³/mol. The third kappa shape index (κ3) is 14.9. The van der Waals surface area contributed by atoms with E-state index in [0.29, 0.717) is 17.4 Å². The Hall–Kier alpha value is -2.78. The number of ether oxygens (including phenoxy) is 4. The fourth-order valence-electron chi connectivity index (χ4n) is 4.88. The van der Waals surface area contributed by atoms with E-state index < -0.39 is 86.8 Å². The second-order valence-corrected chi connectivity index (χ2v) is 16.6. The molecule has 0 radical (unpaired) electrons. The maximum atomic E-state index is 16.0. The number of aryl methyl sites for hydroxylation is 1. The molecule has 1 aromatic heterocycles. The molecule has 0 N–H and O–H groups in total. The lowest BCUT2D eigenvalue weighted by Crippen LogP contribution is -2.44. The molecule has 1 unspecified atom stereocenters. The van der Waals surface area contributed by atoms with Crippen LogP contribution in [0.3, 0.4) is 0 Å². The Labute approximate surface area is 305 Å². The van der Waals surface area contributed by atoms with E-state index in [2.05, 4.69) is 11.9 Å². The van der Waals surface area contributed by atoms with Crippen LogP contribution < -0.4 is 5.69 Å². The van der Waals surface area contributed by atoms with Gasteiger partial charge in [-0.05, 0) is 61.0 Å². The average Bonchev–Trinajstić information content (AvgIpc) is 3.28. The normalized spacial score (nSPS) is 19.0. The van der Waals surface area contributed by atoms with Crippen molar-refractivity contribution in [3.05, 3.63) is 28.4 Å². The first kappa shape index (κ1) is 45.4. The molecule has 0 aromatic carbocycles. The van der Waals surface area contributed by atoms with Crippen LogP contribution in [0.5, 0.6) is 0 Å². The number of nitrogens with zero attached hydrogens (tertiary/aromatic N) is 2. The zero-order chi connectivity index (χ0) is 39.2. The van der Waals surface area contributed by atoms with Crippen molar-refractivity contribution in [3.63, 3.8) is 0 Å². The van der Waals surface area contributed by atoms with Crippen LogP contribution in [-0.4, -0.2) is 65.8 Å². The number of unbranched alkanes of at least 4 members (excludes halogenated alkanes) is 9. The summed E-state index contributed by atoms with van der Waals surface area (Å²) in [7, 11) is -4.84. The van der Waals surface area contributed by atoms with Gasteiger partial charge in [-0.2, -0.15) is 13.8 Å². The highest BCUT2D eigenvalue weighted by atomic mass is 31.2. The van der Waals surface area contributed by atoms with Crippen molar-refractivity contribution in [2.45, 2.75) is 150 Å². The summed E-state index contributed by atoms with van der Waals surface area (Å²) in [4.78, 5) is 53.6. The standard InChI is InChI=1S/C35H57F2N2O12P/c1-9-10-11-12-13-14-15-16-17-18-19-27(40)51-28-26(50-29(35(28,36)37)39-21-20-25(2)38-32(39)43)22-47-52(44,48-23-45-30(41)33(3,4)5)49-24-46-31(42)34(6,7)8/h20-21,26,28-29H,9-19,22-24H2,1-8H3/t26-,28?,29-/m1/s1. The number of carbonyl (C=O) groups excluding carboxylic acids is 3. The van der Waals surface area contributed by atoms with E-state index >= 15 is 8.78 Å². The van der Waals surface area contributed by atoms with Gasteiger partial charge in [-0.3, -0.25) is 23.5 Å². The van der Waals surface area contributed by atoms with Gasteiger partial charge in [0.15, 0.2) is 6.10 Å². The summed E-state index contributed by atoms with van der Waals surface area (Å²) in [5.74, 6) is -6.37. The molecule has 1 aliphatic heterocycles. The van der Waals surface area contributed by atoms with E-state index in [1.54, 1.807) is 41.5 Å². The molecule has 14 nitrogen and oxygen atoms in total. The highest BCUT2D eigenvalue weighted by Gasteiger charge is 2.63. The van der Waals surface area contributed by atoms with Gasteiger partial charge in [-0.1, -0.05) is 64.7 Å². The minimum absolute atomic E-state index is 0.142. The molecule has 0 aliphatic carbocycles. The molecule has 1 aliphatic rings. The molecule has 17 heteroatoms. The van der Waals surface area contributed by atoms with Crippen molar-refractivity contribution in [1.29, 1.82) is 0 Å². The molecule has 1 aromatic rings. The highest BCUT2D eigenvalue weighted by Crippen LogP contribution is 2.52. The van der Waals surface area contributed by atoms with Gasteiger partial charge in [-0.25, -0.2) is 18.4 Å². The van der Waals surface area contributed by atoms with Crippen molar-refractivity contribution >= 4 is 25.7 Å². The number of phosphoric ester groups is 1. The van der Waals surface area contributed by atoms with Crippen LogP contribution in [0.25, 0.3) is 0 Å². The zero-order valence-corrected chi connectivity index (χ0v) is 32.7. The summed E-state index contributed by atoms with van der Waals surface area (Å²) in [5, 5.41) is 0. The molecule has 1 fully saturated rings. The van der Waals surface area contributed by atoms with Crippen molar-refractivity contribution in [3.8, 4) is 0 Å². The number of aromatic nitrogens is 2. The molecule has 2 rings (SSSR count). The first-order chi connectivity index (χ1) is 24.2. The van der Waals surface area contributed by atoms with Crippen LogP contribution in [-0.2, 0) is 51.5 Å². The average molecular weight is 767 g/mol. The zero-order valence-electron chi connectivity index (χ0n) is 31.8. The number of esters is 3. The van der Waals surface area contributed by atoms with Gasteiger partial charge in [0.2, 0.25) is 19.8 Å². The monoisotopic (exact) mass is 766 g/mol. The van der Waals surface area contributed by atoms with E-state index in [0.717, 1.165) is 31.9 Å². The summed E-state index contributed by atoms with van der Waals surface area (Å²) in [6.07, 6.45) is 4.61. The quantitative estimate of drug-likeness (QED) is 0.0373. The van der Waals surface area contributed by atoms with Crippen LogP contribution in [0.1, 0.15) is 131 Å². The SMILES string of the molecule is CCCCCCCCCCCCC(=O)OC1[C@@H](COP(=O)(OCOC(=O)C(C)(C)C)OCOC(=O)C(C)(C)C)O[C@@H](n2ccc(C)nc2=O)C1(F)F. The van der Waals surface area contributed by atoms with Crippen molar-refractivity contribution in [2.75, 3.05) is 20.2 Å². The molecule has 0 bridgehead atoms. The Morgan fingerprint density at radius 1 is 0.865 bits per heavy atom. The second kappa shape index (κ2) is 20.6. The number of phosphoric acid groups is 1. The molecule has 52 heavy (non-hydrogen) atoms. The Morgan fingerprint density at radius 2 is 1.37 bits per heavy atom. The van der Waals surface area contributed by atoms with Gasteiger partial charge in [0.1, 0.15) is 6.10 Å². The molecule has 0 amide bonds. The largest absolute Gasteiger partial charge is 0.480 e. The number of hydrogen-bond donors (Lipinski definition) is 0. The first-order valence-corrected chi connectivity index (χ1v) is 19.3. The molecular weight excluding hydrogens is 709 g/mol. The maximum absolute atomic E-state index is 16.0. The number of carbonyl (C=O) groups is 3. The lowest BCUT2D eigenvalue weighted by Gasteiger charge is -2.25. The number of alkyl halides is 2. The van der Waals surface area contributed by atoms with E-state index in [1.807, 2.05) is 0 Å². The van der Waals surface area contributed by atoms with E-state index in [1.165, 1.54) is 38.7 Å². The van der Waals surface area contributed by atoms with Crippen LogP contribution >= 0.6 is 7.82 Å². The van der Waals surface area contributed by atoms with Crippen LogP contribution in [0.15, 0.2) is 17.1 Å². The fourth-order valence-corrected chi connectivity index (χ4v) is 5.80. The third-order valence-electron chi connectivity index (χ3n) is 7.99.